The minimum absolute atomic E-state index is 0.584. The van der Waals surface area contributed by atoms with E-state index in [1.807, 2.05) is 26.0 Å². The number of rotatable bonds is 6. The summed E-state index contributed by atoms with van der Waals surface area (Å²) < 4.78 is 17.0. The first-order valence-electron chi connectivity index (χ1n) is 6.59. The van der Waals surface area contributed by atoms with Crippen LogP contribution >= 0.6 is 15.9 Å². The predicted molar refractivity (Wildman–Crippen MR) is 83.8 cm³/mol. The fourth-order valence-electron chi connectivity index (χ4n) is 2.00. The lowest BCUT2D eigenvalue weighted by Crippen LogP contribution is -2.13. The Kier molecular flexibility index (Phi) is 5.25. The lowest BCUT2D eigenvalue weighted by molar-refractivity contribution is 0.352. The second-order valence-corrected chi connectivity index (χ2v) is 5.52. The summed E-state index contributed by atoms with van der Waals surface area (Å²) in [6.07, 6.45) is 0. The molecule has 21 heavy (non-hydrogen) atoms. The summed E-state index contributed by atoms with van der Waals surface area (Å²) in [5.74, 6) is 2.96. The van der Waals surface area contributed by atoms with Crippen LogP contribution in [0.5, 0.6) is 11.5 Å². The van der Waals surface area contributed by atoms with Crippen LogP contribution in [-0.4, -0.2) is 19.2 Å². The lowest BCUT2D eigenvalue weighted by Gasteiger charge is -2.12. The van der Waals surface area contributed by atoms with E-state index in [0.717, 1.165) is 21.5 Å². The summed E-state index contributed by atoms with van der Waals surface area (Å²) in [5, 5.41) is 3.30. The zero-order chi connectivity index (χ0) is 15.4. The topological polar surface area (TPSA) is 56.5 Å². The number of methoxy groups -OCH3 is 2. The van der Waals surface area contributed by atoms with Gasteiger partial charge in [-0.25, -0.2) is 4.98 Å². The van der Waals surface area contributed by atoms with Gasteiger partial charge >= 0.3 is 0 Å². The molecule has 2 aromatic rings. The van der Waals surface area contributed by atoms with E-state index in [1.165, 1.54) is 0 Å². The van der Waals surface area contributed by atoms with Crippen LogP contribution in [0.3, 0.4) is 0 Å². The van der Waals surface area contributed by atoms with Gasteiger partial charge in [0, 0.05) is 6.54 Å². The Bertz CT molecular complexity index is 606. The second kappa shape index (κ2) is 6.95. The highest BCUT2D eigenvalue weighted by atomic mass is 79.9. The maximum Gasteiger partial charge on any atom is 0.208 e. The van der Waals surface area contributed by atoms with E-state index in [1.54, 1.807) is 14.2 Å². The Hall–Kier alpha value is -1.53. The van der Waals surface area contributed by atoms with Crippen molar-refractivity contribution in [2.75, 3.05) is 14.2 Å². The normalized spacial score (nSPS) is 10.7. The molecule has 0 aliphatic heterocycles. The van der Waals surface area contributed by atoms with Gasteiger partial charge in [0.05, 0.1) is 30.9 Å². The third-order valence-corrected chi connectivity index (χ3v) is 3.76. The molecular formula is C15H19BrN2O3. The number of nitrogens with zero attached hydrogens (tertiary/aromatic N) is 1. The molecule has 6 heteroatoms. The van der Waals surface area contributed by atoms with Crippen molar-refractivity contribution >= 4 is 15.9 Å². The molecule has 0 unspecified atom stereocenters. The smallest absolute Gasteiger partial charge is 0.208 e. The van der Waals surface area contributed by atoms with Crippen LogP contribution in [0.25, 0.3) is 0 Å². The third-order valence-electron chi connectivity index (χ3n) is 3.17. The highest BCUT2D eigenvalue weighted by Gasteiger charge is 2.11. The van der Waals surface area contributed by atoms with Crippen LogP contribution in [-0.2, 0) is 13.1 Å². The minimum Gasteiger partial charge on any atom is -0.493 e. The monoisotopic (exact) mass is 354 g/mol. The van der Waals surface area contributed by atoms with Crippen LogP contribution < -0.4 is 14.8 Å². The number of hydrogen-bond acceptors (Lipinski definition) is 5. The molecule has 0 bridgehead atoms. The van der Waals surface area contributed by atoms with Crippen molar-refractivity contribution in [3.8, 4) is 11.5 Å². The van der Waals surface area contributed by atoms with Gasteiger partial charge in [0.15, 0.2) is 11.5 Å². The summed E-state index contributed by atoms with van der Waals surface area (Å²) in [6.45, 7) is 5.12. The average Bonchev–Trinajstić information content (AvgIpc) is 2.77. The number of ether oxygens (including phenoxy) is 2. The van der Waals surface area contributed by atoms with E-state index < -0.39 is 0 Å². The van der Waals surface area contributed by atoms with Gasteiger partial charge in [0.1, 0.15) is 5.76 Å². The number of benzene rings is 1. The summed E-state index contributed by atoms with van der Waals surface area (Å²) >= 11 is 3.49. The lowest BCUT2D eigenvalue weighted by atomic mass is 10.2. The first-order valence-corrected chi connectivity index (χ1v) is 7.38. The van der Waals surface area contributed by atoms with Gasteiger partial charge in [0.2, 0.25) is 5.89 Å². The maximum absolute atomic E-state index is 5.53. The molecule has 0 saturated carbocycles. The van der Waals surface area contributed by atoms with Gasteiger partial charge in [-0.2, -0.15) is 0 Å². The quantitative estimate of drug-likeness (QED) is 0.861. The number of halogens is 1. The molecule has 0 aliphatic carbocycles. The van der Waals surface area contributed by atoms with Crippen molar-refractivity contribution in [2.24, 2.45) is 0 Å². The van der Waals surface area contributed by atoms with Crippen molar-refractivity contribution in [1.29, 1.82) is 0 Å². The summed E-state index contributed by atoms with van der Waals surface area (Å²) in [7, 11) is 3.24. The fraction of sp³-hybridized carbons (Fsp3) is 0.400. The Labute approximate surface area is 132 Å². The molecule has 0 atom stereocenters. The molecule has 1 heterocycles. The molecule has 1 N–H and O–H groups in total. The van der Waals surface area contributed by atoms with E-state index in [0.29, 0.717) is 30.5 Å². The van der Waals surface area contributed by atoms with Crippen LogP contribution in [0.4, 0.5) is 0 Å². The van der Waals surface area contributed by atoms with E-state index in [9.17, 15) is 0 Å². The molecule has 0 fully saturated rings. The molecule has 0 aliphatic rings. The van der Waals surface area contributed by atoms with Gasteiger partial charge in [-0.05, 0) is 47.5 Å². The first kappa shape index (κ1) is 15.9. The van der Waals surface area contributed by atoms with Crippen molar-refractivity contribution in [1.82, 2.24) is 10.3 Å². The van der Waals surface area contributed by atoms with Gasteiger partial charge in [0.25, 0.3) is 0 Å². The Morgan fingerprint density at radius 3 is 2.52 bits per heavy atom. The largest absolute Gasteiger partial charge is 0.493 e. The van der Waals surface area contributed by atoms with E-state index in [-0.39, 0.29) is 0 Å². The number of aromatic nitrogens is 1. The zero-order valence-electron chi connectivity index (χ0n) is 12.6. The molecule has 1 aromatic heterocycles. The van der Waals surface area contributed by atoms with Crippen molar-refractivity contribution in [2.45, 2.75) is 26.9 Å². The standard InChI is InChI=1S/C15H19BrN2O3/c1-9-10(2)21-14(18-9)8-17-7-11-5-12(16)15(20-4)13(6-11)19-3/h5-6,17H,7-8H2,1-4H3. The van der Waals surface area contributed by atoms with E-state index in [4.69, 9.17) is 13.9 Å². The van der Waals surface area contributed by atoms with Crippen LogP contribution in [0, 0.1) is 13.8 Å². The summed E-state index contributed by atoms with van der Waals surface area (Å²) in [4.78, 5) is 4.34. The zero-order valence-corrected chi connectivity index (χ0v) is 14.2. The van der Waals surface area contributed by atoms with E-state index in [2.05, 4.69) is 26.2 Å². The predicted octanol–water partition coefficient (Wildman–Crippen LogP) is 3.36. The molecule has 2 rings (SSSR count). The highest BCUT2D eigenvalue weighted by molar-refractivity contribution is 9.10. The molecule has 0 saturated heterocycles. The van der Waals surface area contributed by atoms with E-state index >= 15 is 0 Å². The maximum atomic E-state index is 5.53. The van der Waals surface area contributed by atoms with Crippen LogP contribution in [0.15, 0.2) is 21.0 Å². The highest BCUT2D eigenvalue weighted by Crippen LogP contribution is 2.36. The van der Waals surface area contributed by atoms with Gasteiger partial charge in [-0.1, -0.05) is 0 Å². The van der Waals surface area contributed by atoms with Gasteiger partial charge < -0.3 is 19.2 Å². The molecule has 114 valence electrons. The Morgan fingerprint density at radius 1 is 1.19 bits per heavy atom. The molecule has 0 amide bonds. The minimum atomic E-state index is 0.584. The second-order valence-electron chi connectivity index (χ2n) is 4.67. The van der Waals surface area contributed by atoms with Crippen molar-refractivity contribution in [3.05, 3.63) is 39.5 Å². The number of hydrogen-bond donors (Lipinski definition) is 1. The average molecular weight is 355 g/mol. The number of oxazole rings is 1. The molecular weight excluding hydrogens is 336 g/mol. The van der Waals surface area contributed by atoms with Gasteiger partial charge in [-0.15, -0.1) is 0 Å². The first-order chi connectivity index (χ1) is 10.0. The molecule has 0 radical (unpaired) electrons. The van der Waals surface area contributed by atoms with Crippen molar-refractivity contribution < 1.29 is 13.9 Å². The molecule has 5 nitrogen and oxygen atoms in total. The van der Waals surface area contributed by atoms with Crippen LogP contribution in [0.2, 0.25) is 0 Å². The number of nitrogens with one attached hydrogen (secondary N) is 1. The summed E-state index contributed by atoms with van der Waals surface area (Å²) in [6, 6.07) is 3.95. The fourth-order valence-corrected chi connectivity index (χ4v) is 2.65. The van der Waals surface area contributed by atoms with Gasteiger partial charge in [-0.3, -0.25) is 0 Å². The Morgan fingerprint density at radius 2 is 1.95 bits per heavy atom. The third kappa shape index (κ3) is 3.77. The molecule has 1 aromatic carbocycles. The molecule has 0 spiro atoms. The number of aryl methyl sites for hydroxylation is 2. The Balaban J connectivity index is 2.01. The van der Waals surface area contributed by atoms with Crippen LogP contribution in [0.1, 0.15) is 22.9 Å². The van der Waals surface area contributed by atoms with Crippen molar-refractivity contribution in [3.63, 3.8) is 0 Å². The SMILES string of the molecule is COc1cc(CNCc2nc(C)c(C)o2)cc(Br)c1OC. The summed E-state index contributed by atoms with van der Waals surface area (Å²) in [5.41, 5.74) is 2.01.